The number of rotatable bonds is 6. The first-order chi connectivity index (χ1) is 9.36. The van der Waals surface area contributed by atoms with Crippen LogP contribution in [0.25, 0.3) is 0 Å². The molecule has 1 aromatic heterocycles. The van der Waals surface area contributed by atoms with Crippen molar-refractivity contribution in [2.45, 2.75) is 59.5 Å². The molecule has 0 saturated carbocycles. The van der Waals surface area contributed by atoms with Gasteiger partial charge in [-0.15, -0.1) is 0 Å². The lowest BCUT2D eigenvalue weighted by molar-refractivity contribution is 0.167. The molecule has 0 aromatic carbocycles. The third-order valence-electron chi connectivity index (χ3n) is 3.49. The predicted octanol–water partition coefficient (Wildman–Crippen LogP) is 2.19. The van der Waals surface area contributed by atoms with Crippen molar-refractivity contribution in [2.75, 3.05) is 11.9 Å². The number of hydrogen-bond acceptors (Lipinski definition) is 3. The van der Waals surface area contributed by atoms with Crippen molar-refractivity contribution in [1.82, 2.24) is 15.1 Å². The van der Waals surface area contributed by atoms with Gasteiger partial charge >= 0.3 is 6.03 Å². The fourth-order valence-corrected chi connectivity index (χ4v) is 2.34. The van der Waals surface area contributed by atoms with Gasteiger partial charge in [0.05, 0.1) is 29.2 Å². The third kappa shape index (κ3) is 3.72. The van der Waals surface area contributed by atoms with E-state index < -0.39 is 5.54 Å². The van der Waals surface area contributed by atoms with Crippen LogP contribution >= 0.6 is 0 Å². The van der Waals surface area contributed by atoms with E-state index in [1.165, 1.54) is 0 Å². The first-order valence-corrected chi connectivity index (χ1v) is 7.11. The zero-order valence-corrected chi connectivity index (χ0v) is 13.1. The molecule has 0 radical (unpaired) electrons. The Morgan fingerprint density at radius 2 is 2.05 bits per heavy atom. The summed E-state index contributed by atoms with van der Waals surface area (Å²) in [6.45, 7) is 10.3. The third-order valence-corrected chi connectivity index (χ3v) is 3.49. The molecule has 6 heteroatoms. The topological polar surface area (TPSA) is 79.2 Å². The molecule has 0 spiro atoms. The highest BCUT2D eigenvalue weighted by Gasteiger charge is 2.25. The summed E-state index contributed by atoms with van der Waals surface area (Å²) in [4.78, 5) is 12.1. The Kier molecular flexibility index (Phi) is 5.56. The van der Waals surface area contributed by atoms with Crippen LogP contribution in [-0.2, 0) is 6.54 Å². The monoisotopic (exact) mass is 282 g/mol. The molecule has 114 valence electrons. The van der Waals surface area contributed by atoms with Crippen LogP contribution in [-0.4, -0.2) is 33.1 Å². The van der Waals surface area contributed by atoms with Crippen molar-refractivity contribution >= 4 is 11.7 Å². The highest BCUT2D eigenvalue weighted by atomic mass is 16.3. The second-order valence-corrected chi connectivity index (χ2v) is 5.41. The fourth-order valence-electron chi connectivity index (χ4n) is 2.34. The van der Waals surface area contributed by atoms with Crippen LogP contribution in [0.5, 0.6) is 0 Å². The largest absolute Gasteiger partial charge is 0.394 e. The van der Waals surface area contributed by atoms with Crippen LogP contribution in [0.3, 0.4) is 0 Å². The fraction of sp³-hybridized carbons (Fsp3) is 0.714. The van der Waals surface area contributed by atoms with Gasteiger partial charge in [0.15, 0.2) is 0 Å². The summed E-state index contributed by atoms with van der Waals surface area (Å²) >= 11 is 0. The second-order valence-electron chi connectivity index (χ2n) is 5.41. The molecule has 2 amide bonds. The Morgan fingerprint density at radius 3 is 2.50 bits per heavy atom. The summed E-state index contributed by atoms with van der Waals surface area (Å²) in [7, 11) is 0. The Labute approximate surface area is 120 Å². The van der Waals surface area contributed by atoms with Gasteiger partial charge in [0.25, 0.3) is 0 Å². The number of anilines is 1. The molecular formula is C14H26N4O2. The normalized spacial score (nSPS) is 13.9. The van der Waals surface area contributed by atoms with E-state index in [0.29, 0.717) is 0 Å². The molecule has 1 atom stereocenters. The van der Waals surface area contributed by atoms with Crippen LogP contribution in [0.15, 0.2) is 0 Å². The number of urea groups is 1. The number of aliphatic hydroxyl groups is 1. The standard InChI is InChI=1S/C14H26N4O2/c1-6-8-14(5,9-19)16-13(20)15-12-10(3)17-18(7-2)11(12)4/h19H,6-9H2,1-5H3,(H2,15,16,20). The first kappa shape index (κ1) is 16.5. The molecule has 6 nitrogen and oxygen atoms in total. The zero-order valence-electron chi connectivity index (χ0n) is 13.1. The van der Waals surface area contributed by atoms with Crippen LogP contribution in [0, 0.1) is 13.8 Å². The molecule has 0 aliphatic rings. The van der Waals surface area contributed by atoms with E-state index in [-0.39, 0.29) is 12.6 Å². The van der Waals surface area contributed by atoms with Gasteiger partial charge in [-0.25, -0.2) is 4.79 Å². The number of carbonyl (C=O) groups is 1. The molecule has 20 heavy (non-hydrogen) atoms. The maximum absolute atomic E-state index is 12.1. The van der Waals surface area contributed by atoms with E-state index in [0.717, 1.165) is 36.5 Å². The molecule has 0 bridgehead atoms. The van der Waals surface area contributed by atoms with Crippen LogP contribution in [0.4, 0.5) is 10.5 Å². The van der Waals surface area contributed by atoms with E-state index in [2.05, 4.69) is 15.7 Å². The molecular weight excluding hydrogens is 256 g/mol. The average Bonchev–Trinajstić information content (AvgIpc) is 2.66. The Hall–Kier alpha value is -1.56. The van der Waals surface area contributed by atoms with E-state index in [1.54, 1.807) is 0 Å². The van der Waals surface area contributed by atoms with Crippen molar-refractivity contribution in [3.05, 3.63) is 11.4 Å². The Morgan fingerprint density at radius 1 is 1.40 bits per heavy atom. The molecule has 0 fully saturated rings. The molecule has 0 aliphatic heterocycles. The van der Waals surface area contributed by atoms with Gasteiger partial charge in [0.2, 0.25) is 0 Å². The molecule has 1 heterocycles. The molecule has 3 N–H and O–H groups in total. The number of aryl methyl sites for hydroxylation is 2. The summed E-state index contributed by atoms with van der Waals surface area (Å²) in [5.41, 5.74) is 1.87. The van der Waals surface area contributed by atoms with Crippen LogP contribution in [0.1, 0.15) is 45.0 Å². The lowest BCUT2D eigenvalue weighted by Gasteiger charge is -2.28. The summed E-state index contributed by atoms with van der Waals surface area (Å²) in [5.74, 6) is 0. The van der Waals surface area contributed by atoms with E-state index in [1.807, 2.05) is 39.3 Å². The second kappa shape index (κ2) is 6.74. The van der Waals surface area contributed by atoms with Crippen molar-refractivity contribution in [3.63, 3.8) is 0 Å². The number of amides is 2. The highest BCUT2D eigenvalue weighted by Crippen LogP contribution is 2.19. The SMILES string of the molecule is CCCC(C)(CO)NC(=O)Nc1c(C)nn(CC)c1C. The summed E-state index contributed by atoms with van der Waals surface area (Å²) < 4.78 is 1.85. The van der Waals surface area contributed by atoms with E-state index in [4.69, 9.17) is 0 Å². The average molecular weight is 282 g/mol. The summed E-state index contributed by atoms with van der Waals surface area (Å²) in [6.07, 6.45) is 1.62. The zero-order chi connectivity index (χ0) is 15.3. The number of carbonyl (C=O) groups excluding carboxylic acids is 1. The maximum Gasteiger partial charge on any atom is 0.319 e. The Bertz CT molecular complexity index is 470. The summed E-state index contributed by atoms with van der Waals surface area (Å²) in [5, 5.41) is 19.5. The number of aliphatic hydroxyl groups excluding tert-OH is 1. The molecule has 1 unspecified atom stereocenters. The summed E-state index contributed by atoms with van der Waals surface area (Å²) in [6, 6.07) is -0.308. The number of nitrogens with one attached hydrogen (secondary N) is 2. The molecule has 1 rings (SSSR count). The first-order valence-electron chi connectivity index (χ1n) is 7.11. The smallest absolute Gasteiger partial charge is 0.319 e. The van der Waals surface area contributed by atoms with Gasteiger partial charge < -0.3 is 15.7 Å². The quantitative estimate of drug-likeness (QED) is 0.748. The van der Waals surface area contributed by atoms with E-state index in [9.17, 15) is 9.90 Å². The van der Waals surface area contributed by atoms with Crippen molar-refractivity contribution in [2.24, 2.45) is 0 Å². The lowest BCUT2D eigenvalue weighted by atomic mass is 9.98. The molecule has 1 aromatic rings. The lowest BCUT2D eigenvalue weighted by Crippen LogP contribution is -2.50. The Balaban J connectivity index is 2.79. The van der Waals surface area contributed by atoms with Gasteiger partial charge in [-0.05, 0) is 34.1 Å². The molecule has 0 saturated heterocycles. The number of hydrogen-bond donors (Lipinski definition) is 3. The van der Waals surface area contributed by atoms with Gasteiger partial charge in [-0.1, -0.05) is 13.3 Å². The van der Waals surface area contributed by atoms with Crippen molar-refractivity contribution in [3.8, 4) is 0 Å². The van der Waals surface area contributed by atoms with Crippen LogP contribution in [0.2, 0.25) is 0 Å². The van der Waals surface area contributed by atoms with Gasteiger partial charge in [0, 0.05) is 6.54 Å². The highest BCUT2D eigenvalue weighted by molar-refractivity contribution is 5.91. The maximum atomic E-state index is 12.1. The molecule has 0 aliphatic carbocycles. The van der Waals surface area contributed by atoms with Crippen LogP contribution < -0.4 is 10.6 Å². The number of nitrogens with zero attached hydrogens (tertiary/aromatic N) is 2. The number of aromatic nitrogens is 2. The predicted molar refractivity (Wildman–Crippen MR) is 79.9 cm³/mol. The van der Waals surface area contributed by atoms with Gasteiger partial charge in [-0.2, -0.15) is 5.10 Å². The minimum absolute atomic E-state index is 0.0829. The van der Waals surface area contributed by atoms with Gasteiger partial charge in [-0.3, -0.25) is 4.68 Å². The van der Waals surface area contributed by atoms with E-state index >= 15 is 0 Å². The van der Waals surface area contributed by atoms with Gasteiger partial charge in [0.1, 0.15) is 0 Å². The van der Waals surface area contributed by atoms with Crippen molar-refractivity contribution in [1.29, 1.82) is 0 Å². The minimum Gasteiger partial charge on any atom is -0.394 e. The minimum atomic E-state index is -0.596. The van der Waals surface area contributed by atoms with Crippen molar-refractivity contribution < 1.29 is 9.90 Å².